The summed E-state index contributed by atoms with van der Waals surface area (Å²) in [4.78, 5) is 61.4. The van der Waals surface area contributed by atoms with E-state index in [0.717, 1.165) is 5.56 Å². The molecule has 206 valence electrons. The molecule has 11 heteroatoms. The number of carbonyl (C=O) groups is 5. The lowest BCUT2D eigenvalue weighted by Gasteiger charge is -2.24. The Kier molecular flexibility index (Phi) is 13.3. The first-order valence-corrected chi connectivity index (χ1v) is 12.5. The maximum atomic E-state index is 12.7. The topological polar surface area (TPSA) is 180 Å². The van der Waals surface area contributed by atoms with Crippen LogP contribution < -0.4 is 27.0 Å². The number of nitrogens with one attached hydrogen (secondary N) is 4. The molecule has 37 heavy (non-hydrogen) atoms. The molecular weight excluding hydrogens is 478 g/mol. The third kappa shape index (κ3) is 11.9. The van der Waals surface area contributed by atoms with Crippen molar-refractivity contribution in [3.8, 4) is 0 Å². The maximum Gasteiger partial charge on any atom is 0.326 e. The zero-order chi connectivity index (χ0) is 28.1. The number of benzene rings is 1. The van der Waals surface area contributed by atoms with E-state index in [9.17, 15) is 29.1 Å². The fourth-order valence-electron chi connectivity index (χ4n) is 3.55. The van der Waals surface area contributed by atoms with Gasteiger partial charge < -0.3 is 32.1 Å². The van der Waals surface area contributed by atoms with E-state index in [1.165, 1.54) is 6.92 Å². The fourth-order valence-corrected chi connectivity index (χ4v) is 3.55. The number of hydrogen-bond acceptors (Lipinski definition) is 6. The van der Waals surface area contributed by atoms with Crippen molar-refractivity contribution in [2.24, 2.45) is 17.6 Å². The summed E-state index contributed by atoms with van der Waals surface area (Å²) in [6, 6.07) is 5.52. The van der Waals surface area contributed by atoms with Gasteiger partial charge in [0.25, 0.3) is 0 Å². The SMILES string of the molecule is CC(C)C[C@H](N)C(=O)N[C@@H](C)C(=O)N[C@H](C(=O)NCC(=O)N[C@H](CCc1ccccc1)C(=O)O)C(C)C. The molecule has 1 rings (SSSR count). The van der Waals surface area contributed by atoms with Crippen LogP contribution in [-0.2, 0) is 30.4 Å². The van der Waals surface area contributed by atoms with Crippen molar-refractivity contribution in [1.82, 2.24) is 21.3 Å². The minimum atomic E-state index is -1.17. The lowest BCUT2D eigenvalue weighted by molar-refractivity contribution is -0.142. The van der Waals surface area contributed by atoms with Crippen LogP contribution in [0.5, 0.6) is 0 Å². The maximum absolute atomic E-state index is 12.7. The predicted octanol–water partition coefficient (Wildman–Crippen LogP) is 0.324. The number of carboxylic acid groups (broad SMARTS) is 1. The predicted molar refractivity (Wildman–Crippen MR) is 139 cm³/mol. The number of amides is 4. The second kappa shape index (κ2) is 15.6. The Hall–Kier alpha value is -3.47. The van der Waals surface area contributed by atoms with Crippen LogP contribution >= 0.6 is 0 Å². The highest BCUT2D eigenvalue weighted by Crippen LogP contribution is 2.06. The van der Waals surface area contributed by atoms with Crippen molar-refractivity contribution in [2.75, 3.05) is 6.54 Å². The zero-order valence-corrected chi connectivity index (χ0v) is 22.2. The molecule has 0 unspecified atom stereocenters. The molecule has 0 aliphatic heterocycles. The Labute approximate surface area is 218 Å². The zero-order valence-electron chi connectivity index (χ0n) is 22.2. The van der Waals surface area contributed by atoms with Gasteiger partial charge in [0, 0.05) is 0 Å². The summed E-state index contributed by atoms with van der Waals surface area (Å²) in [6.45, 7) is 8.33. The Bertz CT molecular complexity index is 921. The van der Waals surface area contributed by atoms with Crippen molar-refractivity contribution < 1.29 is 29.1 Å². The van der Waals surface area contributed by atoms with Gasteiger partial charge >= 0.3 is 5.97 Å². The van der Waals surface area contributed by atoms with E-state index in [0.29, 0.717) is 12.8 Å². The molecule has 4 amide bonds. The van der Waals surface area contributed by atoms with E-state index < -0.39 is 60.3 Å². The van der Waals surface area contributed by atoms with Crippen molar-refractivity contribution in [1.29, 1.82) is 0 Å². The lowest BCUT2D eigenvalue weighted by atomic mass is 10.0. The van der Waals surface area contributed by atoms with Crippen molar-refractivity contribution >= 4 is 29.6 Å². The third-order valence-corrected chi connectivity index (χ3v) is 5.68. The number of hydrogen-bond donors (Lipinski definition) is 6. The first-order valence-electron chi connectivity index (χ1n) is 12.5. The van der Waals surface area contributed by atoms with Crippen molar-refractivity contribution in [3.05, 3.63) is 35.9 Å². The van der Waals surface area contributed by atoms with Gasteiger partial charge in [-0.25, -0.2) is 4.79 Å². The molecular formula is C26H41N5O6. The second-order valence-corrected chi connectivity index (χ2v) is 9.90. The molecule has 11 nitrogen and oxygen atoms in total. The van der Waals surface area contributed by atoms with Gasteiger partial charge in [-0.1, -0.05) is 58.0 Å². The Morgan fingerprint density at radius 3 is 2.03 bits per heavy atom. The monoisotopic (exact) mass is 519 g/mol. The highest BCUT2D eigenvalue weighted by atomic mass is 16.4. The molecule has 0 saturated heterocycles. The van der Waals surface area contributed by atoms with Gasteiger partial charge in [0.1, 0.15) is 18.1 Å². The van der Waals surface area contributed by atoms with Crippen LogP contribution in [0.3, 0.4) is 0 Å². The summed E-state index contributed by atoms with van der Waals surface area (Å²) in [5.74, 6) is -3.59. The van der Waals surface area contributed by atoms with E-state index in [1.807, 2.05) is 44.2 Å². The fraction of sp³-hybridized carbons (Fsp3) is 0.577. The first kappa shape index (κ1) is 31.6. The van der Waals surface area contributed by atoms with Gasteiger partial charge in [-0.05, 0) is 43.6 Å². The number of carboxylic acids is 1. The number of aryl methyl sites for hydroxylation is 1. The molecule has 7 N–H and O–H groups in total. The third-order valence-electron chi connectivity index (χ3n) is 5.68. The molecule has 0 aromatic heterocycles. The number of nitrogens with two attached hydrogens (primary N) is 1. The van der Waals surface area contributed by atoms with E-state index in [2.05, 4.69) is 21.3 Å². The Morgan fingerprint density at radius 1 is 0.865 bits per heavy atom. The van der Waals surface area contributed by atoms with Gasteiger partial charge in [0.15, 0.2) is 0 Å². The van der Waals surface area contributed by atoms with Crippen LogP contribution in [0, 0.1) is 11.8 Å². The summed E-state index contributed by atoms with van der Waals surface area (Å²) in [7, 11) is 0. The normalized spacial score (nSPS) is 14.3. The van der Waals surface area contributed by atoms with Crippen LogP contribution in [0.4, 0.5) is 0 Å². The summed E-state index contributed by atoms with van der Waals surface area (Å²) >= 11 is 0. The summed E-state index contributed by atoms with van der Waals surface area (Å²) in [5, 5.41) is 19.4. The van der Waals surface area contributed by atoms with Crippen molar-refractivity contribution in [3.63, 3.8) is 0 Å². The summed E-state index contributed by atoms with van der Waals surface area (Å²) in [6.07, 6.45) is 1.12. The smallest absolute Gasteiger partial charge is 0.326 e. The van der Waals surface area contributed by atoms with Gasteiger partial charge in [-0.15, -0.1) is 0 Å². The average molecular weight is 520 g/mol. The number of carbonyl (C=O) groups excluding carboxylic acids is 4. The second-order valence-electron chi connectivity index (χ2n) is 9.90. The largest absolute Gasteiger partial charge is 0.480 e. The highest BCUT2D eigenvalue weighted by Gasteiger charge is 2.28. The minimum absolute atomic E-state index is 0.189. The van der Waals surface area contributed by atoms with Crippen molar-refractivity contribution in [2.45, 2.75) is 78.0 Å². The van der Waals surface area contributed by atoms with Gasteiger partial charge in [0.05, 0.1) is 12.6 Å². The molecule has 0 aliphatic carbocycles. The highest BCUT2D eigenvalue weighted by molar-refractivity contribution is 5.94. The molecule has 0 bridgehead atoms. The molecule has 0 heterocycles. The van der Waals surface area contributed by atoms with Crippen LogP contribution in [0.1, 0.15) is 53.0 Å². The molecule has 1 aromatic carbocycles. The summed E-state index contributed by atoms with van der Waals surface area (Å²) < 4.78 is 0. The van der Waals surface area contributed by atoms with Crippen LogP contribution in [0.15, 0.2) is 30.3 Å². The average Bonchev–Trinajstić information content (AvgIpc) is 2.83. The molecule has 4 atom stereocenters. The first-order chi connectivity index (χ1) is 17.3. The Morgan fingerprint density at radius 2 is 1.49 bits per heavy atom. The van der Waals surface area contributed by atoms with Crippen LogP contribution in [-0.4, -0.2) is 65.4 Å². The van der Waals surface area contributed by atoms with Crippen LogP contribution in [0.2, 0.25) is 0 Å². The van der Waals surface area contributed by atoms with Gasteiger partial charge in [-0.2, -0.15) is 0 Å². The van der Waals surface area contributed by atoms with E-state index >= 15 is 0 Å². The molecule has 1 aromatic rings. The molecule has 0 spiro atoms. The van der Waals surface area contributed by atoms with E-state index in [1.54, 1.807) is 13.8 Å². The molecule has 0 fully saturated rings. The quantitative estimate of drug-likeness (QED) is 0.193. The standard InChI is InChI=1S/C26H41N5O6/c1-15(2)13-19(27)24(34)29-17(5)23(33)31-22(16(3)4)25(35)28-14-21(32)30-20(26(36)37)12-11-18-9-7-6-8-10-18/h6-10,15-17,19-20,22H,11-14,27H2,1-5H3,(H,28,35)(H,29,34)(H,30,32)(H,31,33)(H,36,37)/t17-,19-,20+,22-/m0/s1. The molecule has 0 saturated carbocycles. The van der Waals surface area contributed by atoms with Crippen LogP contribution in [0.25, 0.3) is 0 Å². The van der Waals surface area contributed by atoms with E-state index in [-0.39, 0.29) is 18.3 Å². The number of rotatable bonds is 15. The lowest BCUT2D eigenvalue weighted by Crippen LogP contribution is -2.57. The Balaban J connectivity index is 2.61. The minimum Gasteiger partial charge on any atom is -0.480 e. The van der Waals surface area contributed by atoms with Gasteiger partial charge in [-0.3, -0.25) is 19.2 Å². The number of aliphatic carboxylic acids is 1. The van der Waals surface area contributed by atoms with Gasteiger partial charge in [0.2, 0.25) is 23.6 Å². The summed E-state index contributed by atoms with van der Waals surface area (Å²) in [5.41, 5.74) is 6.79. The molecule has 0 radical (unpaired) electrons. The van der Waals surface area contributed by atoms with E-state index in [4.69, 9.17) is 5.73 Å². The molecule has 0 aliphatic rings.